The topological polar surface area (TPSA) is 92.6 Å². The number of aryl methyl sites for hydroxylation is 2. The molecule has 0 radical (unpaired) electrons. The Morgan fingerprint density at radius 2 is 2.09 bits per heavy atom. The number of allylic oxidation sites excluding steroid dienone is 1. The van der Waals surface area contributed by atoms with E-state index in [4.69, 9.17) is 0 Å². The number of aliphatic hydroxyl groups excluding tert-OH is 1. The van der Waals surface area contributed by atoms with Crippen molar-refractivity contribution in [1.29, 1.82) is 5.26 Å². The molecule has 1 aliphatic rings. The van der Waals surface area contributed by atoms with Crippen molar-refractivity contribution < 1.29 is 5.11 Å². The lowest BCUT2D eigenvalue weighted by Gasteiger charge is -2.19. The van der Waals surface area contributed by atoms with Gasteiger partial charge in [-0.05, 0) is 48.9 Å². The molecule has 0 bridgehead atoms. The number of thiophene rings is 1. The summed E-state index contributed by atoms with van der Waals surface area (Å²) in [6.45, 7) is 2.27. The summed E-state index contributed by atoms with van der Waals surface area (Å²) in [5, 5.41) is 30.0. The minimum absolute atomic E-state index is 0.0207. The molecule has 174 valence electrons. The van der Waals surface area contributed by atoms with Gasteiger partial charge in [0, 0.05) is 19.0 Å². The lowest BCUT2D eigenvalue weighted by atomic mass is 9.87. The molecule has 0 aliphatic heterocycles. The number of nitrogens with zero attached hydrogens (tertiary/aromatic N) is 6. The standard InChI is InChI=1S/C25H26N6OS2/c1-4-15-9-10-21-16(11-15)12-22(34-21)24-28-29-25(31(24)3)33-14-20(32)17(13-26)23-27-18-7-5-6-8-19(18)30(23)2/h5-8,12,15,32H,4,9-11,14H2,1-3H3/b20-17-. The van der Waals surface area contributed by atoms with E-state index >= 15 is 0 Å². The van der Waals surface area contributed by atoms with E-state index in [1.807, 2.05) is 58.8 Å². The summed E-state index contributed by atoms with van der Waals surface area (Å²) < 4.78 is 3.80. The molecule has 1 atom stereocenters. The van der Waals surface area contributed by atoms with Crippen molar-refractivity contribution in [2.75, 3.05) is 5.75 Å². The molecule has 34 heavy (non-hydrogen) atoms. The molecule has 3 heterocycles. The zero-order valence-electron chi connectivity index (χ0n) is 19.4. The predicted molar refractivity (Wildman–Crippen MR) is 137 cm³/mol. The third-order valence-electron chi connectivity index (χ3n) is 6.57. The van der Waals surface area contributed by atoms with Crippen molar-refractivity contribution in [2.45, 2.75) is 37.8 Å². The molecule has 0 spiro atoms. The van der Waals surface area contributed by atoms with Crippen molar-refractivity contribution in [3.63, 3.8) is 0 Å². The Hall–Kier alpha value is -3.09. The molecule has 9 heteroatoms. The highest BCUT2D eigenvalue weighted by Gasteiger charge is 2.23. The van der Waals surface area contributed by atoms with Gasteiger partial charge >= 0.3 is 0 Å². The number of aromatic nitrogens is 5. The molecule has 1 N–H and O–H groups in total. The average molecular weight is 491 g/mol. The SMILES string of the molecule is CCC1CCc2sc(-c3nnc(SC/C(O)=C(\C#N)c4nc5ccccc5n4C)n3C)cc2C1. The molecule has 1 unspecified atom stereocenters. The minimum Gasteiger partial charge on any atom is -0.510 e. The summed E-state index contributed by atoms with van der Waals surface area (Å²) in [6.07, 6.45) is 4.79. The van der Waals surface area contributed by atoms with E-state index in [-0.39, 0.29) is 17.1 Å². The first kappa shape index (κ1) is 22.7. The van der Waals surface area contributed by atoms with Crippen LogP contribution in [-0.2, 0) is 26.9 Å². The number of hydrogen-bond acceptors (Lipinski definition) is 7. The fourth-order valence-electron chi connectivity index (χ4n) is 4.53. The average Bonchev–Trinajstić information content (AvgIpc) is 3.53. The monoisotopic (exact) mass is 490 g/mol. The summed E-state index contributed by atoms with van der Waals surface area (Å²) in [5.41, 5.74) is 3.32. The second kappa shape index (κ2) is 9.28. The van der Waals surface area contributed by atoms with Crippen LogP contribution in [0, 0.1) is 17.2 Å². The van der Waals surface area contributed by atoms with E-state index in [9.17, 15) is 10.4 Å². The molecule has 1 aromatic carbocycles. The fourth-order valence-corrected chi connectivity index (χ4v) is 6.55. The molecule has 0 saturated heterocycles. The van der Waals surface area contributed by atoms with Crippen LogP contribution in [0.2, 0.25) is 0 Å². The molecule has 0 amide bonds. The van der Waals surface area contributed by atoms with E-state index in [1.54, 1.807) is 0 Å². The van der Waals surface area contributed by atoms with Gasteiger partial charge in [-0.25, -0.2) is 4.98 Å². The van der Waals surface area contributed by atoms with Crippen LogP contribution in [0.4, 0.5) is 0 Å². The van der Waals surface area contributed by atoms with Gasteiger partial charge in [0.2, 0.25) is 0 Å². The fraction of sp³-hybridized carbons (Fsp3) is 0.360. The summed E-state index contributed by atoms with van der Waals surface area (Å²) in [6, 6.07) is 12.1. The first-order valence-corrected chi connectivity index (χ1v) is 13.2. The first-order chi connectivity index (χ1) is 16.5. The summed E-state index contributed by atoms with van der Waals surface area (Å²) in [5.74, 6) is 2.26. The molecule has 1 aliphatic carbocycles. The van der Waals surface area contributed by atoms with Crippen LogP contribution in [0.5, 0.6) is 0 Å². The first-order valence-electron chi connectivity index (χ1n) is 11.4. The largest absolute Gasteiger partial charge is 0.510 e. The number of rotatable bonds is 6. The maximum absolute atomic E-state index is 10.8. The van der Waals surface area contributed by atoms with Crippen LogP contribution in [0.1, 0.15) is 36.0 Å². The molecule has 0 saturated carbocycles. The minimum atomic E-state index is -0.0207. The zero-order valence-corrected chi connectivity index (χ0v) is 21.1. The number of thioether (sulfide) groups is 1. The van der Waals surface area contributed by atoms with Gasteiger partial charge in [0.05, 0.1) is 21.7 Å². The Morgan fingerprint density at radius 1 is 1.26 bits per heavy atom. The van der Waals surface area contributed by atoms with Gasteiger partial charge in [0.1, 0.15) is 17.4 Å². The van der Waals surface area contributed by atoms with Gasteiger partial charge in [0.25, 0.3) is 0 Å². The van der Waals surface area contributed by atoms with Crippen LogP contribution < -0.4 is 0 Å². The Balaban J connectivity index is 1.37. The van der Waals surface area contributed by atoms with Gasteiger partial charge in [0.15, 0.2) is 16.8 Å². The number of para-hydroxylation sites is 2. The van der Waals surface area contributed by atoms with Gasteiger partial charge in [-0.3, -0.25) is 0 Å². The van der Waals surface area contributed by atoms with E-state index < -0.39 is 0 Å². The third kappa shape index (κ3) is 4.01. The summed E-state index contributed by atoms with van der Waals surface area (Å²) >= 11 is 3.18. The summed E-state index contributed by atoms with van der Waals surface area (Å²) in [4.78, 5) is 7.16. The van der Waals surface area contributed by atoms with E-state index in [0.717, 1.165) is 40.5 Å². The molecule has 0 fully saturated rings. The van der Waals surface area contributed by atoms with Crippen molar-refractivity contribution in [2.24, 2.45) is 20.0 Å². The molecule has 3 aromatic heterocycles. The van der Waals surface area contributed by atoms with Gasteiger partial charge in [-0.2, -0.15) is 5.26 Å². The number of nitriles is 1. The highest BCUT2D eigenvalue weighted by Crippen LogP contribution is 2.38. The predicted octanol–water partition coefficient (Wildman–Crippen LogP) is 5.53. The van der Waals surface area contributed by atoms with Crippen LogP contribution in [0.3, 0.4) is 0 Å². The number of fused-ring (bicyclic) bond motifs is 2. The highest BCUT2D eigenvalue weighted by molar-refractivity contribution is 7.99. The number of imidazole rings is 1. The third-order valence-corrected chi connectivity index (χ3v) is 8.83. The highest BCUT2D eigenvalue weighted by atomic mass is 32.2. The number of hydrogen-bond donors (Lipinski definition) is 1. The van der Waals surface area contributed by atoms with Crippen LogP contribution in [0.15, 0.2) is 41.2 Å². The van der Waals surface area contributed by atoms with E-state index in [2.05, 4.69) is 34.2 Å². The van der Waals surface area contributed by atoms with Crippen molar-refractivity contribution in [1.82, 2.24) is 24.3 Å². The van der Waals surface area contributed by atoms with E-state index in [0.29, 0.717) is 11.0 Å². The maximum Gasteiger partial charge on any atom is 0.191 e. The molecule has 4 aromatic rings. The lowest BCUT2D eigenvalue weighted by Crippen LogP contribution is -2.10. The van der Waals surface area contributed by atoms with Crippen molar-refractivity contribution in [3.05, 3.63) is 52.4 Å². The number of aliphatic hydroxyl groups is 1. The van der Waals surface area contributed by atoms with Gasteiger partial charge in [-0.1, -0.05) is 37.2 Å². The molecule has 5 rings (SSSR count). The quantitative estimate of drug-likeness (QED) is 0.217. The second-order valence-corrected chi connectivity index (χ2v) is 10.7. The lowest BCUT2D eigenvalue weighted by molar-refractivity contribution is 0.420. The maximum atomic E-state index is 10.8. The molecule has 7 nitrogen and oxygen atoms in total. The normalized spacial score (nSPS) is 16.4. The van der Waals surface area contributed by atoms with Crippen LogP contribution in [-0.4, -0.2) is 35.2 Å². The molecular weight excluding hydrogens is 464 g/mol. The Morgan fingerprint density at radius 3 is 2.85 bits per heavy atom. The Bertz CT molecular complexity index is 1440. The Labute approximate surface area is 206 Å². The summed E-state index contributed by atoms with van der Waals surface area (Å²) in [7, 11) is 3.80. The van der Waals surface area contributed by atoms with Crippen molar-refractivity contribution in [3.8, 4) is 16.8 Å². The number of benzene rings is 1. The van der Waals surface area contributed by atoms with Crippen LogP contribution >= 0.6 is 23.1 Å². The second-order valence-electron chi connectivity index (χ2n) is 8.65. The van der Waals surface area contributed by atoms with E-state index in [1.165, 1.54) is 35.0 Å². The zero-order chi connectivity index (χ0) is 23.8. The van der Waals surface area contributed by atoms with Crippen molar-refractivity contribution >= 4 is 39.7 Å². The van der Waals surface area contributed by atoms with Gasteiger partial charge < -0.3 is 14.2 Å². The smallest absolute Gasteiger partial charge is 0.191 e. The molecular formula is C25H26N6OS2. The van der Waals surface area contributed by atoms with Crippen LogP contribution in [0.25, 0.3) is 27.3 Å². The van der Waals surface area contributed by atoms with Gasteiger partial charge in [-0.15, -0.1) is 21.5 Å². The Kier molecular flexibility index (Phi) is 6.19.